The molecule has 2 aromatic heterocycles. The summed E-state index contributed by atoms with van der Waals surface area (Å²) >= 11 is 3.26. The van der Waals surface area contributed by atoms with E-state index in [1.807, 2.05) is 30.0 Å². The van der Waals surface area contributed by atoms with Crippen molar-refractivity contribution in [1.29, 1.82) is 0 Å². The van der Waals surface area contributed by atoms with Crippen LogP contribution in [0.4, 0.5) is 4.79 Å². The average Bonchev–Trinajstić information content (AvgIpc) is 3.75. The zero-order valence-electron chi connectivity index (χ0n) is 24.9. The molecule has 1 saturated heterocycles. The molecule has 3 heterocycles. The van der Waals surface area contributed by atoms with Crippen molar-refractivity contribution in [1.82, 2.24) is 4.90 Å². The number of ketones is 1. The van der Waals surface area contributed by atoms with Crippen molar-refractivity contribution in [2.45, 2.75) is 89.8 Å². The van der Waals surface area contributed by atoms with E-state index in [2.05, 4.69) is 49.6 Å². The third kappa shape index (κ3) is 5.51. The molecule has 2 bridgehead atoms. The Morgan fingerprint density at radius 3 is 2.76 bits per heavy atom. The van der Waals surface area contributed by atoms with Gasteiger partial charge in [-0.1, -0.05) is 36.8 Å². The van der Waals surface area contributed by atoms with E-state index < -0.39 is 11.7 Å². The number of carbonyl (C=O) groups excluding carboxylic acids is 2. The maximum Gasteiger partial charge on any atom is 0.410 e. The Morgan fingerprint density at radius 1 is 1.14 bits per heavy atom. The summed E-state index contributed by atoms with van der Waals surface area (Å²) in [6.45, 7) is 7.72. The van der Waals surface area contributed by atoms with Gasteiger partial charge >= 0.3 is 6.09 Å². The topological polar surface area (TPSA) is 66.8 Å². The third-order valence-corrected chi connectivity index (χ3v) is 12.0. The van der Waals surface area contributed by atoms with Gasteiger partial charge in [0.25, 0.3) is 0 Å². The standard InChI is InChI=1S/C35H41NO4S2/c1-23-6-4-16-34(3)30(14-17-35(34)22-36(33(39)40-35)18-15-27-7-5-19-41-27)28-12-10-25(20-26(37)11-8-23)21-29(28)32(38)31-13-9-24(2)42-31/h5-7,9-10,12-13,19,21,26,30,37H,4,8,11,14-18,20,22H2,1-3H3/t26-,30-,34-,35+/m0/s1. The lowest BCUT2D eigenvalue weighted by Gasteiger charge is -2.43. The number of fused-ring (bicyclic) bond motifs is 8. The van der Waals surface area contributed by atoms with E-state index >= 15 is 0 Å². The van der Waals surface area contributed by atoms with Crippen LogP contribution in [0.1, 0.15) is 94.4 Å². The molecule has 5 nitrogen and oxygen atoms in total. The Bertz CT molecular complexity index is 1490. The van der Waals surface area contributed by atoms with Crippen LogP contribution in [0.15, 0.2) is 59.5 Å². The number of hydrogen-bond donors (Lipinski definition) is 1. The molecule has 0 unspecified atom stereocenters. The van der Waals surface area contributed by atoms with Gasteiger partial charge in [0.05, 0.1) is 17.5 Å². The first-order valence-electron chi connectivity index (χ1n) is 15.3. The van der Waals surface area contributed by atoms with Crippen LogP contribution in [-0.4, -0.2) is 46.7 Å². The molecule has 1 aromatic carbocycles. The number of aliphatic hydroxyl groups excluding tert-OH is 1. The highest BCUT2D eigenvalue weighted by atomic mass is 32.1. The van der Waals surface area contributed by atoms with Crippen LogP contribution in [-0.2, 0) is 17.6 Å². The van der Waals surface area contributed by atoms with E-state index in [0.29, 0.717) is 25.9 Å². The number of benzene rings is 1. The number of allylic oxidation sites excluding steroid dienone is 2. The molecular formula is C35H41NO4S2. The Balaban J connectivity index is 1.40. The molecule has 3 aromatic rings. The maximum absolute atomic E-state index is 14.1. The summed E-state index contributed by atoms with van der Waals surface area (Å²) in [5, 5.41) is 12.9. The predicted octanol–water partition coefficient (Wildman–Crippen LogP) is 8.09. The summed E-state index contributed by atoms with van der Waals surface area (Å²) in [5.74, 6) is 0.116. The molecule has 7 heteroatoms. The van der Waals surface area contributed by atoms with Crippen LogP contribution in [0.5, 0.6) is 0 Å². The van der Waals surface area contributed by atoms with Crippen LogP contribution in [0.3, 0.4) is 0 Å². The van der Waals surface area contributed by atoms with Gasteiger partial charge in [-0.15, -0.1) is 22.7 Å². The monoisotopic (exact) mass is 603 g/mol. The summed E-state index contributed by atoms with van der Waals surface area (Å²) in [4.78, 5) is 32.5. The van der Waals surface area contributed by atoms with Crippen LogP contribution in [0, 0.1) is 12.3 Å². The van der Waals surface area contributed by atoms with Crippen molar-refractivity contribution in [3.8, 4) is 0 Å². The third-order valence-electron chi connectivity index (χ3n) is 10.0. The molecular weight excluding hydrogens is 563 g/mol. The van der Waals surface area contributed by atoms with Gasteiger partial charge in [0.1, 0.15) is 5.60 Å². The second-order valence-electron chi connectivity index (χ2n) is 12.8. The zero-order chi connectivity index (χ0) is 29.5. The lowest BCUT2D eigenvalue weighted by Crippen LogP contribution is -2.48. The number of rotatable bonds is 5. The number of thiophene rings is 2. The molecule has 1 spiro atoms. The van der Waals surface area contributed by atoms with E-state index in [-0.39, 0.29) is 23.2 Å². The van der Waals surface area contributed by atoms with Crippen LogP contribution in [0.25, 0.3) is 0 Å². The van der Waals surface area contributed by atoms with Gasteiger partial charge in [0.15, 0.2) is 0 Å². The van der Waals surface area contributed by atoms with Crippen LogP contribution in [0.2, 0.25) is 0 Å². The van der Waals surface area contributed by atoms with E-state index in [9.17, 15) is 14.7 Å². The number of hydrogen-bond acceptors (Lipinski definition) is 6. The van der Waals surface area contributed by atoms with Gasteiger partial charge in [0.2, 0.25) is 5.78 Å². The Kier molecular flexibility index (Phi) is 8.20. The van der Waals surface area contributed by atoms with Gasteiger partial charge in [-0.05, 0) is 112 Å². The minimum Gasteiger partial charge on any atom is -0.440 e. The van der Waals surface area contributed by atoms with E-state index in [0.717, 1.165) is 65.0 Å². The molecule has 0 radical (unpaired) electrons. The number of aryl methyl sites for hydroxylation is 1. The van der Waals surface area contributed by atoms with E-state index in [1.54, 1.807) is 11.3 Å². The molecule has 4 aliphatic rings. The summed E-state index contributed by atoms with van der Waals surface area (Å²) in [7, 11) is 0. The van der Waals surface area contributed by atoms with E-state index in [1.165, 1.54) is 21.8 Å². The number of carbonyl (C=O) groups is 2. The van der Waals surface area contributed by atoms with Gasteiger partial charge in [-0.3, -0.25) is 4.79 Å². The van der Waals surface area contributed by atoms with E-state index in [4.69, 9.17) is 4.74 Å². The fourth-order valence-corrected chi connectivity index (χ4v) is 9.06. The molecule has 42 heavy (non-hydrogen) atoms. The van der Waals surface area contributed by atoms with Gasteiger partial charge in [0, 0.05) is 27.3 Å². The first-order valence-corrected chi connectivity index (χ1v) is 16.9. The molecule has 1 N–H and O–H groups in total. The normalized spacial score (nSPS) is 28.0. The molecule has 3 aliphatic carbocycles. The Hall–Kier alpha value is -2.74. The highest BCUT2D eigenvalue weighted by Crippen LogP contribution is 2.61. The number of ether oxygens (including phenoxy) is 1. The predicted molar refractivity (Wildman–Crippen MR) is 170 cm³/mol. The number of aliphatic hydroxyl groups is 1. The van der Waals surface area contributed by atoms with Crippen molar-refractivity contribution in [3.63, 3.8) is 0 Å². The molecule has 7 rings (SSSR count). The fraction of sp³-hybridized carbons (Fsp3) is 0.486. The highest BCUT2D eigenvalue weighted by molar-refractivity contribution is 7.14. The SMILES string of the molecule is CC1=CCC[C@@]2(C)[C@@H](CC[C@@]23CN(CCc2cccs2)C(=O)O3)c2ccc(cc2C(=O)c2ccc(C)s2)C[C@@H](O)CC1. The van der Waals surface area contributed by atoms with Crippen molar-refractivity contribution in [2.24, 2.45) is 5.41 Å². The molecule has 1 saturated carbocycles. The smallest absolute Gasteiger partial charge is 0.410 e. The Morgan fingerprint density at radius 2 is 2.00 bits per heavy atom. The number of amides is 1. The fourth-order valence-electron chi connectivity index (χ4n) is 7.54. The second kappa shape index (κ2) is 11.7. The summed E-state index contributed by atoms with van der Waals surface area (Å²) in [6, 6.07) is 14.4. The Labute approximate surface area is 257 Å². The van der Waals surface area contributed by atoms with Crippen LogP contribution < -0.4 is 0 Å². The maximum atomic E-state index is 14.1. The molecule has 1 amide bonds. The molecule has 2 fully saturated rings. The summed E-state index contributed by atoms with van der Waals surface area (Å²) in [5.41, 5.74) is 3.12. The molecule has 222 valence electrons. The second-order valence-corrected chi connectivity index (χ2v) is 15.1. The van der Waals surface area contributed by atoms with Gasteiger partial charge < -0.3 is 14.7 Å². The lowest BCUT2D eigenvalue weighted by molar-refractivity contribution is -0.0372. The zero-order valence-corrected chi connectivity index (χ0v) is 26.5. The largest absolute Gasteiger partial charge is 0.440 e. The van der Waals surface area contributed by atoms with Gasteiger partial charge in [-0.25, -0.2) is 4.79 Å². The summed E-state index contributed by atoms with van der Waals surface area (Å²) in [6.07, 6.45) is 7.90. The van der Waals surface area contributed by atoms with Crippen molar-refractivity contribution < 1.29 is 19.4 Å². The van der Waals surface area contributed by atoms with Crippen molar-refractivity contribution in [2.75, 3.05) is 13.1 Å². The van der Waals surface area contributed by atoms with Crippen molar-refractivity contribution in [3.05, 3.63) is 90.8 Å². The first kappa shape index (κ1) is 29.3. The quantitative estimate of drug-likeness (QED) is 0.236. The molecule has 4 atom stereocenters. The number of nitrogens with zero attached hydrogens (tertiary/aromatic N) is 1. The lowest BCUT2D eigenvalue weighted by atomic mass is 9.65. The van der Waals surface area contributed by atoms with Crippen LogP contribution >= 0.6 is 22.7 Å². The van der Waals surface area contributed by atoms with Gasteiger partial charge in [-0.2, -0.15) is 0 Å². The van der Waals surface area contributed by atoms with Crippen molar-refractivity contribution >= 4 is 34.6 Å². The minimum atomic E-state index is -0.599. The minimum absolute atomic E-state index is 0.0477. The first-order chi connectivity index (χ1) is 20.2. The summed E-state index contributed by atoms with van der Waals surface area (Å²) < 4.78 is 6.46. The average molecular weight is 604 g/mol. The highest BCUT2D eigenvalue weighted by Gasteiger charge is 2.63. The molecule has 1 aliphatic heterocycles.